The summed E-state index contributed by atoms with van der Waals surface area (Å²) >= 11 is 6.11. The lowest BCUT2D eigenvalue weighted by Gasteiger charge is -2.35. The van der Waals surface area contributed by atoms with E-state index < -0.39 is 0 Å². The third-order valence-electron chi connectivity index (χ3n) is 3.16. The average Bonchev–Trinajstić information content (AvgIpc) is 2.32. The van der Waals surface area contributed by atoms with Crippen molar-refractivity contribution >= 4 is 23.3 Å². The highest BCUT2D eigenvalue weighted by atomic mass is 35.5. The van der Waals surface area contributed by atoms with Crippen LogP contribution >= 0.6 is 11.6 Å². The molecule has 0 spiro atoms. The maximum atomic E-state index is 12.3. The summed E-state index contributed by atoms with van der Waals surface area (Å²) in [4.78, 5) is 14.0. The Kier molecular flexibility index (Phi) is 4.32. The van der Waals surface area contributed by atoms with Gasteiger partial charge in [0.1, 0.15) is 0 Å². The predicted octanol–water partition coefficient (Wildman–Crippen LogP) is 3.29. The average molecular weight is 283 g/mol. The minimum Gasteiger partial charge on any atom is -0.372 e. The number of morpholine rings is 1. The normalized spacial score (nSPS) is 23.3. The smallest absolute Gasteiger partial charge is 0.322 e. The minimum absolute atomic E-state index is 0.0573. The second kappa shape index (κ2) is 5.80. The van der Waals surface area contributed by atoms with E-state index >= 15 is 0 Å². The fraction of sp³-hybridized carbons (Fsp3) is 0.500. The van der Waals surface area contributed by atoms with Crippen molar-refractivity contribution in [3.63, 3.8) is 0 Å². The third-order valence-corrected chi connectivity index (χ3v) is 3.48. The van der Waals surface area contributed by atoms with E-state index in [4.69, 9.17) is 16.3 Å². The van der Waals surface area contributed by atoms with Gasteiger partial charge in [0.15, 0.2) is 0 Å². The van der Waals surface area contributed by atoms with Crippen molar-refractivity contribution in [2.45, 2.75) is 33.0 Å². The van der Waals surface area contributed by atoms with E-state index in [1.807, 2.05) is 32.9 Å². The molecule has 2 rings (SSSR count). The number of amides is 2. The zero-order valence-electron chi connectivity index (χ0n) is 11.4. The molecule has 2 atom stereocenters. The zero-order valence-corrected chi connectivity index (χ0v) is 12.2. The molecule has 1 aliphatic heterocycles. The molecule has 4 nitrogen and oxygen atoms in total. The monoisotopic (exact) mass is 282 g/mol. The molecule has 0 aromatic heterocycles. The minimum atomic E-state index is -0.127. The van der Waals surface area contributed by atoms with Crippen molar-refractivity contribution in [3.8, 4) is 0 Å². The van der Waals surface area contributed by atoms with Gasteiger partial charge in [-0.15, -0.1) is 0 Å². The fourth-order valence-corrected chi connectivity index (χ4v) is 2.59. The lowest BCUT2D eigenvalue weighted by Crippen LogP contribution is -2.49. The van der Waals surface area contributed by atoms with Crippen LogP contribution < -0.4 is 5.32 Å². The Morgan fingerprint density at radius 2 is 2.00 bits per heavy atom. The molecular formula is C14H19ClN2O2. The number of halogens is 1. The Hall–Kier alpha value is -1.26. The number of nitrogens with zero attached hydrogens (tertiary/aromatic N) is 1. The predicted molar refractivity (Wildman–Crippen MR) is 76.8 cm³/mol. The molecule has 0 radical (unpaired) electrons. The quantitative estimate of drug-likeness (QED) is 0.859. The Morgan fingerprint density at radius 1 is 1.37 bits per heavy atom. The summed E-state index contributed by atoms with van der Waals surface area (Å²) < 4.78 is 5.62. The summed E-state index contributed by atoms with van der Waals surface area (Å²) in [6.07, 6.45) is 0.115. The van der Waals surface area contributed by atoms with E-state index in [1.54, 1.807) is 11.0 Å². The van der Waals surface area contributed by atoms with Crippen molar-refractivity contribution in [2.24, 2.45) is 0 Å². The van der Waals surface area contributed by atoms with Gasteiger partial charge in [0.2, 0.25) is 0 Å². The van der Waals surface area contributed by atoms with Gasteiger partial charge in [-0.3, -0.25) is 0 Å². The summed E-state index contributed by atoms with van der Waals surface area (Å²) in [6.45, 7) is 7.05. The lowest BCUT2D eigenvalue weighted by atomic mass is 10.2. The maximum Gasteiger partial charge on any atom is 0.322 e. The van der Waals surface area contributed by atoms with Crippen LogP contribution in [0.25, 0.3) is 0 Å². The van der Waals surface area contributed by atoms with Gasteiger partial charge in [-0.05, 0) is 32.4 Å². The maximum absolute atomic E-state index is 12.3. The van der Waals surface area contributed by atoms with E-state index in [0.29, 0.717) is 23.8 Å². The SMILES string of the molecule is Cc1cccc(Cl)c1NC(=O)N1CC(C)OC(C)C1. The van der Waals surface area contributed by atoms with Gasteiger partial charge >= 0.3 is 6.03 Å². The van der Waals surface area contributed by atoms with E-state index in [1.165, 1.54) is 0 Å². The second-order valence-corrected chi connectivity index (χ2v) is 5.43. The van der Waals surface area contributed by atoms with Crippen molar-refractivity contribution in [1.29, 1.82) is 0 Å². The van der Waals surface area contributed by atoms with Gasteiger partial charge in [0, 0.05) is 13.1 Å². The Bertz CT molecular complexity index is 448. The molecule has 1 heterocycles. The first-order valence-corrected chi connectivity index (χ1v) is 6.81. The second-order valence-electron chi connectivity index (χ2n) is 5.02. The molecule has 0 bridgehead atoms. The summed E-state index contributed by atoms with van der Waals surface area (Å²) in [5.41, 5.74) is 1.64. The summed E-state index contributed by atoms with van der Waals surface area (Å²) in [5.74, 6) is 0. The summed E-state index contributed by atoms with van der Waals surface area (Å²) in [6, 6.07) is 5.44. The number of urea groups is 1. The van der Waals surface area contributed by atoms with Crippen LogP contribution in [0.3, 0.4) is 0 Å². The lowest BCUT2D eigenvalue weighted by molar-refractivity contribution is -0.0530. The summed E-state index contributed by atoms with van der Waals surface area (Å²) in [5, 5.41) is 3.45. The topological polar surface area (TPSA) is 41.6 Å². The van der Waals surface area contributed by atoms with Crippen LogP contribution in [0.1, 0.15) is 19.4 Å². The van der Waals surface area contributed by atoms with Gasteiger partial charge in [0.25, 0.3) is 0 Å². The van der Waals surface area contributed by atoms with Crippen LogP contribution in [0, 0.1) is 6.92 Å². The van der Waals surface area contributed by atoms with Crippen LogP contribution in [0.2, 0.25) is 5.02 Å². The highest BCUT2D eigenvalue weighted by Crippen LogP contribution is 2.25. The molecule has 1 N–H and O–H groups in total. The first-order valence-electron chi connectivity index (χ1n) is 6.44. The van der Waals surface area contributed by atoms with Gasteiger partial charge < -0.3 is 15.0 Å². The number of carbonyl (C=O) groups is 1. The third kappa shape index (κ3) is 3.39. The molecule has 1 aliphatic rings. The molecule has 0 saturated carbocycles. The van der Waals surface area contributed by atoms with E-state index in [0.717, 1.165) is 5.56 Å². The van der Waals surface area contributed by atoms with Crippen molar-refractivity contribution in [1.82, 2.24) is 4.90 Å². The highest BCUT2D eigenvalue weighted by molar-refractivity contribution is 6.33. The number of rotatable bonds is 1. The van der Waals surface area contributed by atoms with Crippen molar-refractivity contribution in [3.05, 3.63) is 28.8 Å². The number of ether oxygens (including phenoxy) is 1. The van der Waals surface area contributed by atoms with Crippen LogP contribution in [-0.2, 0) is 4.74 Å². The number of hydrogen-bond acceptors (Lipinski definition) is 2. The fourth-order valence-electron chi connectivity index (χ4n) is 2.32. The Morgan fingerprint density at radius 3 is 2.58 bits per heavy atom. The van der Waals surface area contributed by atoms with E-state index in [-0.39, 0.29) is 18.2 Å². The number of para-hydroxylation sites is 1. The Labute approximate surface area is 118 Å². The molecule has 5 heteroatoms. The zero-order chi connectivity index (χ0) is 14.0. The van der Waals surface area contributed by atoms with Gasteiger partial charge in [-0.25, -0.2) is 4.79 Å². The molecule has 1 fully saturated rings. The van der Waals surface area contributed by atoms with Crippen LogP contribution in [0.15, 0.2) is 18.2 Å². The molecule has 2 unspecified atom stereocenters. The number of benzene rings is 1. The molecule has 2 amide bonds. The van der Waals surface area contributed by atoms with Crippen molar-refractivity contribution in [2.75, 3.05) is 18.4 Å². The van der Waals surface area contributed by atoms with E-state index in [2.05, 4.69) is 5.32 Å². The number of anilines is 1. The number of hydrogen-bond donors (Lipinski definition) is 1. The molecule has 0 aliphatic carbocycles. The van der Waals surface area contributed by atoms with Gasteiger partial charge in [-0.2, -0.15) is 0 Å². The Balaban J connectivity index is 2.08. The van der Waals surface area contributed by atoms with E-state index in [9.17, 15) is 4.79 Å². The number of aryl methyl sites for hydroxylation is 1. The first-order chi connectivity index (χ1) is 8.97. The number of carbonyl (C=O) groups excluding carboxylic acids is 1. The largest absolute Gasteiger partial charge is 0.372 e. The van der Waals surface area contributed by atoms with Gasteiger partial charge in [-0.1, -0.05) is 23.7 Å². The molecule has 104 valence electrons. The number of nitrogens with one attached hydrogen (secondary N) is 1. The standard InChI is InChI=1S/C14H19ClN2O2/c1-9-5-4-6-12(15)13(9)16-14(18)17-7-10(2)19-11(3)8-17/h4-6,10-11H,7-8H2,1-3H3,(H,16,18). The van der Waals surface area contributed by atoms with Crippen molar-refractivity contribution < 1.29 is 9.53 Å². The van der Waals surface area contributed by atoms with Crippen LogP contribution in [0.5, 0.6) is 0 Å². The first kappa shape index (κ1) is 14.2. The van der Waals surface area contributed by atoms with Crippen LogP contribution in [0.4, 0.5) is 10.5 Å². The summed E-state index contributed by atoms with van der Waals surface area (Å²) in [7, 11) is 0. The molecule has 1 saturated heterocycles. The van der Waals surface area contributed by atoms with Crippen LogP contribution in [-0.4, -0.2) is 36.2 Å². The molecular weight excluding hydrogens is 264 g/mol. The van der Waals surface area contributed by atoms with Gasteiger partial charge in [0.05, 0.1) is 22.9 Å². The molecule has 1 aromatic rings. The molecule has 19 heavy (non-hydrogen) atoms. The molecule has 1 aromatic carbocycles. The highest BCUT2D eigenvalue weighted by Gasteiger charge is 2.26.